The minimum Gasteiger partial charge on any atom is -0.435 e. The molecular weight excluding hydrogens is 280 g/mol. The van der Waals surface area contributed by atoms with Crippen molar-refractivity contribution in [2.45, 2.75) is 24.2 Å². The number of hydrogen-bond acceptors (Lipinski definition) is 3. The van der Waals surface area contributed by atoms with Gasteiger partial charge in [-0.1, -0.05) is 24.3 Å². The highest BCUT2D eigenvalue weighted by molar-refractivity contribution is 7.98. The third kappa shape index (κ3) is 3.87. The predicted molar refractivity (Wildman–Crippen MR) is 78.2 cm³/mol. The maximum Gasteiger partial charge on any atom is 0.387 e. The zero-order chi connectivity index (χ0) is 14.5. The zero-order valence-corrected chi connectivity index (χ0v) is 11.8. The van der Waals surface area contributed by atoms with Gasteiger partial charge in [-0.25, -0.2) is 0 Å². The summed E-state index contributed by atoms with van der Waals surface area (Å²) in [5, 5.41) is 0. The molecule has 0 fully saturated rings. The molecule has 2 N–H and O–H groups in total. The SMILES string of the molecule is Cc1ccc(N)c(SCc2ccccc2OC(F)F)c1. The minimum atomic E-state index is -2.81. The molecular formula is C15H15F2NOS. The Morgan fingerprint density at radius 3 is 2.70 bits per heavy atom. The van der Waals surface area contributed by atoms with E-state index in [0.29, 0.717) is 11.4 Å². The first-order valence-electron chi connectivity index (χ1n) is 6.08. The first-order chi connectivity index (χ1) is 9.56. The van der Waals surface area contributed by atoms with Gasteiger partial charge in [0.2, 0.25) is 0 Å². The summed E-state index contributed by atoms with van der Waals surface area (Å²) in [6.07, 6.45) is 0. The molecule has 0 aliphatic rings. The second-order valence-electron chi connectivity index (χ2n) is 4.32. The Morgan fingerprint density at radius 2 is 1.95 bits per heavy atom. The van der Waals surface area contributed by atoms with Gasteiger partial charge in [-0.3, -0.25) is 0 Å². The third-order valence-corrected chi connectivity index (χ3v) is 3.86. The molecule has 2 nitrogen and oxygen atoms in total. The molecule has 106 valence electrons. The average Bonchev–Trinajstić information content (AvgIpc) is 2.41. The molecule has 0 saturated carbocycles. The van der Waals surface area contributed by atoms with E-state index >= 15 is 0 Å². The Kier molecular flexibility index (Phi) is 4.84. The molecule has 2 aromatic rings. The zero-order valence-electron chi connectivity index (χ0n) is 11.0. The lowest BCUT2D eigenvalue weighted by Crippen LogP contribution is -2.03. The van der Waals surface area contributed by atoms with Crippen LogP contribution in [-0.4, -0.2) is 6.61 Å². The number of hydrogen-bond donors (Lipinski definition) is 1. The third-order valence-electron chi connectivity index (χ3n) is 2.74. The number of alkyl halides is 2. The van der Waals surface area contributed by atoms with Gasteiger partial charge >= 0.3 is 6.61 Å². The standard InChI is InChI=1S/C15H15F2NOS/c1-10-6-7-12(18)14(8-10)20-9-11-4-2-3-5-13(11)19-15(16)17/h2-8,15H,9,18H2,1H3. The Bertz CT molecular complexity index is 590. The number of thioether (sulfide) groups is 1. The summed E-state index contributed by atoms with van der Waals surface area (Å²) in [7, 11) is 0. The molecule has 0 unspecified atom stereocenters. The number of nitrogen functional groups attached to an aromatic ring is 1. The normalized spacial score (nSPS) is 10.8. The molecule has 0 bridgehead atoms. The summed E-state index contributed by atoms with van der Waals surface area (Å²) in [6, 6.07) is 12.6. The van der Waals surface area contributed by atoms with E-state index in [-0.39, 0.29) is 5.75 Å². The van der Waals surface area contributed by atoms with Crippen LogP contribution in [0.3, 0.4) is 0 Å². The number of ether oxygens (including phenoxy) is 1. The molecule has 2 rings (SSSR count). The van der Waals surface area contributed by atoms with Crippen molar-refractivity contribution in [3.05, 3.63) is 53.6 Å². The van der Waals surface area contributed by atoms with Crippen molar-refractivity contribution in [1.29, 1.82) is 0 Å². The molecule has 5 heteroatoms. The van der Waals surface area contributed by atoms with Gasteiger partial charge in [-0.2, -0.15) is 8.78 Å². The van der Waals surface area contributed by atoms with E-state index in [1.807, 2.05) is 25.1 Å². The molecule has 0 radical (unpaired) electrons. The van der Waals surface area contributed by atoms with Gasteiger partial charge in [0.1, 0.15) is 5.75 Å². The lowest BCUT2D eigenvalue weighted by molar-refractivity contribution is -0.0503. The van der Waals surface area contributed by atoms with Crippen LogP contribution in [-0.2, 0) is 5.75 Å². The van der Waals surface area contributed by atoms with Gasteiger partial charge in [-0.15, -0.1) is 11.8 Å². The van der Waals surface area contributed by atoms with Crippen LogP contribution in [0, 0.1) is 6.92 Å². The van der Waals surface area contributed by atoms with Gasteiger partial charge in [0.05, 0.1) is 0 Å². The van der Waals surface area contributed by atoms with Crippen LogP contribution in [0.4, 0.5) is 14.5 Å². The highest BCUT2D eigenvalue weighted by Gasteiger charge is 2.10. The summed E-state index contributed by atoms with van der Waals surface area (Å²) in [6.45, 7) is -0.831. The molecule has 2 aromatic carbocycles. The summed E-state index contributed by atoms with van der Waals surface area (Å²) in [4.78, 5) is 0.942. The molecule has 0 aliphatic heterocycles. The van der Waals surface area contributed by atoms with E-state index in [2.05, 4.69) is 4.74 Å². The van der Waals surface area contributed by atoms with E-state index < -0.39 is 6.61 Å². The monoisotopic (exact) mass is 295 g/mol. The molecule has 0 atom stereocenters. The maximum atomic E-state index is 12.3. The highest BCUT2D eigenvalue weighted by atomic mass is 32.2. The quantitative estimate of drug-likeness (QED) is 0.653. The van der Waals surface area contributed by atoms with Gasteiger partial charge in [0.25, 0.3) is 0 Å². The van der Waals surface area contributed by atoms with Crippen LogP contribution >= 0.6 is 11.8 Å². The van der Waals surface area contributed by atoms with Gasteiger partial charge in [-0.05, 0) is 30.7 Å². The fourth-order valence-electron chi connectivity index (χ4n) is 1.76. The molecule has 20 heavy (non-hydrogen) atoms. The number of halogens is 2. The first kappa shape index (κ1) is 14.7. The molecule has 0 amide bonds. The topological polar surface area (TPSA) is 35.2 Å². The predicted octanol–water partition coefficient (Wildman–Crippen LogP) is 4.47. The number of benzene rings is 2. The molecule has 0 aromatic heterocycles. The molecule has 0 saturated heterocycles. The van der Waals surface area contributed by atoms with E-state index in [1.54, 1.807) is 24.3 Å². The Balaban J connectivity index is 2.12. The van der Waals surface area contributed by atoms with Crippen LogP contribution in [0.15, 0.2) is 47.4 Å². The number of para-hydroxylation sites is 1. The fraction of sp³-hybridized carbons (Fsp3) is 0.200. The fourth-order valence-corrected chi connectivity index (χ4v) is 2.81. The minimum absolute atomic E-state index is 0.209. The van der Waals surface area contributed by atoms with E-state index in [4.69, 9.17) is 5.73 Å². The lowest BCUT2D eigenvalue weighted by atomic mass is 10.2. The largest absolute Gasteiger partial charge is 0.435 e. The van der Waals surface area contributed by atoms with Gasteiger partial charge in [0.15, 0.2) is 0 Å². The second-order valence-corrected chi connectivity index (χ2v) is 5.33. The van der Waals surface area contributed by atoms with Crippen molar-refractivity contribution in [3.8, 4) is 5.75 Å². The highest BCUT2D eigenvalue weighted by Crippen LogP contribution is 2.32. The van der Waals surface area contributed by atoms with Crippen LogP contribution in [0.5, 0.6) is 5.75 Å². The summed E-state index contributed by atoms with van der Waals surface area (Å²) in [5.41, 5.74) is 8.42. The van der Waals surface area contributed by atoms with Crippen molar-refractivity contribution < 1.29 is 13.5 Å². The van der Waals surface area contributed by atoms with Crippen LogP contribution in [0.1, 0.15) is 11.1 Å². The number of nitrogens with two attached hydrogens (primary N) is 1. The Hall–Kier alpha value is -1.75. The smallest absolute Gasteiger partial charge is 0.387 e. The summed E-state index contributed by atoms with van der Waals surface area (Å²) >= 11 is 1.51. The van der Waals surface area contributed by atoms with Crippen LogP contribution in [0.2, 0.25) is 0 Å². The average molecular weight is 295 g/mol. The van der Waals surface area contributed by atoms with Crippen molar-refractivity contribution in [2.24, 2.45) is 0 Å². The van der Waals surface area contributed by atoms with Crippen molar-refractivity contribution in [3.63, 3.8) is 0 Å². The number of aryl methyl sites for hydroxylation is 1. The van der Waals surface area contributed by atoms with E-state index in [1.165, 1.54) is 11.8 Å². The van der Waals surface area contributed by atoms with Crippen molar-refractivity contribution >= 4 is 17.4 Å². The van der Waals surface area contributed by atoms with E-state index in [0.717, 1.165) is 16.0 Å². The molecule has 0 spiro atoms. The van der Waals surface area contributed by atoms with E-state index in [9.17, 15) is 8.78 Å². The Morgan fingerprint density at radius 1 is 1.20 bits per heavy atom. The van der Waals surface area contributed by atoms with Gasteiger partial charge in [0, 0.05) is 21.9 Å². The summed E-state index contributed by atoms with van der Waals surface area (Å²) in [5.74, 6) is 0.734. The molecule has 0 aliphatic carbocycles. The Labute approximate surface area is 120 Å². The van der Waals surface area contributed by atoms with Crippen molar-refractivity contribution in [2.75, 3.05) is 5.73 Å². The second kappa shape index (κ2) is 6.61. The maximum absolute atomic E-state index is 12.3. The summed E-state index contributed by atoms with van der Waals surface area (Å²) < 4.78 is 29.2. The van der Waals surface area contributed by atoms with Gasteiger partial charge < -0.3 is 10.5 Å². The lowest BCUT2D eigenvalue weighted by Gasteiger charge is -2.11. The van der Waals surface area contributed by atoms with Crippen LogP contribution < -0.4 is 10.5 Å². The first-order valence-corrected chi connectivity index (χ1v) is 7.06. The number of anilines is 1. The van der Waals surface area contributed by atoms with Crippen LogP contribution in [0.25, 0.3) is 0 Å². The number of rotatable bonds is 5. The van der Waals surface area contributed by atoms with Crippen molar-refractivity contribution in [1.82, 2.24) is 0 Å². The molecule has 0 heterocycles.